The first-order chi connectivity index (χ1) is 15.2. The number of benzene rings is 2. The maximum atomic E-state index is 12.4. The van der Waals surface area contributed by atoms with Crippen LogP contribution in [-0.4, -0.2) is 49.8 Å². The summed E-state index contributed by atoms with van der Waals surface area (Å²) in [6.45, 7) is 4.76. The number of carbonyl (C=O) groups is 1. The Morgan fingerprint density at radius 2 is 1.77 bits per heavy atom. The zero-order chi connectivity index (χ0) is 21.3. The molecule has 2 aliphatic rings. The summed E-state index contributed by atoms with van der Waals surface area (Å²) in [5.74, 6) is 0.973. The fourth-order valence-corrected chi connectivity index (χ4v) is 4.32. The number of anilines is 1. The monoisotopic (exact) mass is 422 g/mol. The molecule has 1 N–H and O–H groups in total. The second kappa shape index (κ2) is 11.3. The predicted molar refractivity (Wildman–Crippen MR) is 124 cm³/mol. The molecule has 0 aromatic heterocycles. The normalized spacial score (nSPS) is 17.5. The summed E-state index contributed by atoms with van der Waals surface area (Å²) in [6.07, 6.45) is 7.39. The predicted octanol–water partition coefficient (Wildman–Crippen LogP) is 4.45. The van der Waals surface area contributed by atoms with Crippen LogP contribution < -0.4 is 10.1 Å². The summed E-state index contributed by atoms with van der Waals surface area (Å²) in [6, 6.07) is 16.4. The fraction of sp³-hybridized carbons (Fsp3) is 0.500. The third-order valence-electron chi connectivity index (χ3n) is 6.20. The van der Waals surface area contributed by atoms with Crippen molar-refractivity contribution >= 4 is 11.6 Å². The lowest BCUT2D eigenvalue weighted by atomic mass is 10.1. The molecule has 0 atom stereocenters. The lowest BCUT2D eigenvalue weighted by Crippen LogP contribution is -2.37. The Morgan fingerprint density at radius 3 is 2.55 bits per heavy atom. The van der Waals surface area contributed by atoms with Gasteiger partial charge in [-0.1, -0.05) is 24.3 Å². The van der Waals surface area contributed by atoms with Gasteiger partial charge in [0.15, 0.2) is 0 Å². The first-order valence-corrected chi connectivity index (χ1v) is 11.7. The molecule has 31 heavy (non-hydrogen) atoms. The molecule has 1 heterocycles. The van der Waals surface area contributed by atoms with Crippen molar-refractivity contribution in [1.29, 1.82) is 0 Å². The van der Waals surface area contributed by atoms with Crippen molar-refractivity contribution in [1.82, 2.24) is 4.90 Å². The fourth-order valence-electron chi connectivity index (χ4n) is 4.32. The zero-order valence-electron chi connectivity index (χ0n) is 18.4. The number of aryl methyl sites for hydroxylation is 1. The maximum absolute atomic E-state index is 12.4. The standard InChI is InChI=1S/C26H34N2O3/c29-26(13-10-22-4-3-7-25(20-22)31-24-5-1-2-6-24)27-23-11-8-21(9-12-23)14-15-28-16-18-30-19-17-28/h3-4,7-9,11-12,20,24H,1-2,5-6,10,13-19H2,(H,27,29). The molecule has 1 aliphatic carbocycles. The van der Waals surface area contributed by atoms with Crippen LogP contribution in [0.4, 0.5) is 5.69 Å². The zero-order valence-corrected chi connectivity index (χ0v) is 18.4. The second-order valence-electron chi connectivity index (χ2n) is 8.62. The SMILES string of the molecule is O=C(CCc1cccc(OC2CCCC2)c1)Nc1ccc(CCN2CCOCC2)cc1. The Balaban J connectivity index is 1.19. The van der Waals surface area contributed by atoms with Crippen LogP contribution >= 0.6 is 0 Å². The van der Waals surface area contributed by atoms with Gasteiger partial charge in [0.2, 0.25) is 5.91 Å². The number of hydrogen-bond donors (Lipinski definition) is 1. The Morgan fingerprint density at radius 1 is 1.00 bits per heavy atom. The van der Waals surface area contributed by atoms with Gasteiger partial charge in [-0.25, -0.2) is 0 Å². The van der Waals surface area contributed by atoms with Gasteiger partial charge in [-0.15, -0.1) is 0 Å². The summed E-state index contributed by atoms with van der Waals surface area (Å²) in [5, 5.41) is 3.02. The summed E-state index contributed by atoms with van der Waals surface area (Å²) in [5.41, 5.74) is 3.30. The van der Waals surface area contributed by atoms with Gasteiger partial charge in [-0.05, 0) is 73.9 Å². The molecule has 1 aliphatic heterocycles. The van der Waals surface area contributed by atoms with Crippen LogP contribution in [0, 0.1) is 0 Å². The molecule has 2 aromatic rings. The van der Waals surface area contributed by atoms with E-state index in [0.29, 0.717) is 18.9 Å². The number of morpholine rings is 1. The van der Waals surface area contributed by atoms with Crippen molar-refractivity contribution in [2.24, 2.45) is 0 Å². The first kappa shape index (κ1) is 21.8. The van der Waals surface area contributed by atoms with E-state index in [1.807, 2.05) is 24.3 Å². The van der Waals surface area contributed by atoms with E-state index in [9.17, 15) is 4.79 Å². The number of nitrogens with zero attached hydrogens (tertiary/aromatic N) is 1. The topological polar surface area (TPSA) is 50.8 Å². The minimum atomic E-state index is 0.0446. The van der Waals surface area contributed by atoms with Crippen molar-refractivity contribution in [3.63, 3.8) is 0 Å². The van der Waals surface area contributed by atoms with E-state index >= 15 is 0 Å². The van der Waals surface area contributed by atoms with Crippen molar-refractivity contribution in [2.75, 3.05) is 38.2 Å². The van der Waals surface area contributed by atoms with E-state index in [2.05, 4.69) is 34.5 Å². The maximum Gasteiger partial charge on any atom is 0.224 e. The van der Waals surface area contributed by atoms with Crippen LogP contribution in [0.2, 0.25) is 0 Å². The lowest BCUT2D eigenvalue weighted by Gasteiger charge is -2.26. The highest BCUT2D eigenvalue weighted by Gasteiger charge is 2.16. The van der Waals surface area contributed by atoms with Crippen LogP contribution in [0.3, 0.4) is 0 Å². The average molecular weight is 423 g/mol. The molecule has 2 aromatic carbocycles. The average Bonchev–Trinajstić information content (AvgIpc) is 3.31. The third-order valence-corrected chi connectivity index (χ3v) is 6.20. The Hall–Kier alpha value is -2.37. The number of ether oxygens (including phenoxy) is 2. The molecule has 1 saturated carbocycles. The highest BCUT2D eigenvalue weighted by atomic mass is 16.5. The minimum absolute atomic E-state index is 0.0446. The second-order valence-corrected chi connectivity index (χ2v) is 8.62. The van der Waals surface area contributed by atoms with Gasteiger partial charge >= 0.3 is 0 Å². The van der Waals surface area contributed by atoms with Gasteiger partial charge in [-0.2, -0.15) is 0 Å². The Bertz CT molecular complexity index is 825. The van der Waals surface area contributed by atoms with E-state index in [-0.39, 0.29) is 5.91 Å². The van der Waals surface area contributed by atoms with E-state index in [0.717, 1.165) is 69.1 Å². The number of rotatable bonds is 9. The highest BCUT2D eigenvalue weighted by molar-refractivity contribution is 5.90. The largest absolute Gasteiger partial charge is 0.490 e. The van der Waals surface area contributed by atoms with Gasteiger partial charge in [0.1, 0.15) is 5.75 Å². The molecule has 2 fully saturated rings. The number of carbonyl (C=O) groups excluding carboxylic acids is 1. The van der Waals surface area contributed by atoms with E-state index < -0.39 is 0 Å². The third kappa shape index (κ3) is 7.08. The Kier molecular flexibility index (Phi) is 7.97. The van der Waals surface area contributed by atoms with Gasteiger partial charge in [-0.3, -0.25) is 9.69 Å². The minimum Gasteiger partial charge on any atom is -0.490 e. The number of nitrogens with one attached hydrogen (secondary N) is 1. The molecule has 0 spiro atoms. The molecule has 0 radical (unpaired) electrons. The molecule has 4 rings (SSSR count). The summed E-state index contributed by atoms with van der Waals surface area (Å²) < 4.78 is 11.5. The van der Waals surface area contributed by atoms with E-state index in [1.54, 1.807) is 0 Å². The summed E-state index contributed by atoms with van der Waals surface area (Å²) in [7, 11) is 0. The molecular weight excluding hydrogens is 388 g/mol. The van der Waals surface area contributed by atoms with Gasteiger partial charge in [0, 0.05) is 31.7 Å². The number of amides is 1. The van der Waals surface area contributed by atoms with Crippen molar-refractivity contribution < 1.29 is 14.3 Å². The molecule has 1 saturated heterocycles. The van der Waals surface area contributed by atoms with Crippen LogP contribution in [-0.2, 0) is 22.4 Å². The molecule has 0 bridgehead atoms. The van der Waals surface area contributed by atoms with E-state index in [4.69, 9.17) is 9.47 Å². The Labute approximate surface area is 185 Å². The lowest BCUT2D eigenvalue weighted by molar-refractivity contribution is -0.116. The van der Waals surface area contributed by atoms with Gasteiger partial charge in [0.05, 0.1) is 19.3 Å². The van der Waals surface area contributed by atoms with E-state index in [1.165, 1.54) is 18.4 Å². The van der Waals surface area contributed by atoms with Gasteiger partial charge in [0.25, 0.3) is 0 Å². The molecular formula is C26H34N2O3. The van der Waals surface area contributed by atoms with Crippen LogP contribution in [0.15, 0.2) is 48.5 Å². The van der Waals surface area contributed by atoms with Crippen LogP contribution in [0.5, 0.6) is 5.75 Å². The highest BCUT2D eigenvalue weighted by Crippen LogP contribution is 2.25. The quantitative estimate of drug-likeness (QED) is 0.649. The molecule has 166 valence electrons. The summed E-state index contributed by atoms with van der Waals surface area (Å²) in [4.78, 5) is 14.8. The first-order valence-electron chi connectivity index (χ1n) is 11.7. The van der Waals surface area contributed by atoms with Crippen molar-refractivity contribution in [3.05, 3.63) is 59.7 Å². The molecule has 5 heteroatoms. The molecule has 0 unspecified atom stereocenters. The van der Waals surface area contributed by atoms with Crippen molar-refractivity contribution in [3.8, 4) is 5.75 Å². The summed E-state index contributed by atoms with van der Waals surface area (Å²) >= 11 is 0. The molecule has 1 amide bonds. The van der Waals surface area contributed by atoms with Gasteiger partial charge < -0.3 is 14.8 Å². The number of hydrogen-bond acceptors (Lipinski definition) is 4. The van der Waals surface area contributed by atoms with Crippen LogP contribution in [0.1, 0.15) is 43.2 Å². The molecule has 5 nitrogen and oxygen atoms in total. The van der Waals surface area contributed by atoms with Crippen LogP contribution in [0.25, 0.3) is 0 Å². The van der Waals surface area contributed by atoms with Crippen molar-refractivity contribution in [2.45, 2.75) is 51.0 Å². The smallest absolute Gasteiger partial charge is 0.224 e.